The number of piperidine rings is 1. The Bertz CT molecular complexity index is 973. The number of methoxy groups -OCH3 is 2. The Kier molecular flexibility index (Phi) is 8.06. The molecule has 0 bridgehead atoms. The quantitative estimate of drug-likeness (QED) is 0.647. The minimum absolute atomic E-state index is 0.0631. The number of carbonyl (C=O) groups is 2. The van der Waals surface area contributed by atoms with E-state index in [1.54, 1.807) is 32.4 Å². The van der Waals surface area contributed by atoms with Gasteiger partial charge in [-0.3, -0.25) is 14.5 Å². The summed E-state index contributed by atoms with van der Waals surface area (Å²) in [6.45, 7) is 4.91. The fraction of sp³-hybridized carbons (Fsp3) is 0.481. The molecule has 1 N–H and O–H groups in total. The Balaban J connectivity index is 1.29. The summed E-state index contributed by atoms with van der Waals surface area (Å²) in [5.74, 6) is 1.11. The summed E-state index contributed by atoms with van der Waals surface area (Å²) in [7, 11) is 3.13. The van der Waals surface area contributed by atoms with Crippen molar-refractivity contribution >= 4 is 11.8 Å². The molecule has 34 heavy (non-hydrogen) atoms. The second-order valence-electron chi connectivity index (χ2n) is 9.14. The topological polar surface area (TPSA) is 71.1 Å². The van der Waals surface area contributed by atoms with Gasteiger partial charge in [-0.1, -0.05) is 24.3 Å². The third-order valence-corrected chi connectivity index (χ3v) is 6.92. The standard InChI is InChI=1S/C27H35N3O4/c1-33-24-15-23(16-25(17-24)34-2)27(32)30-13-9-20(10-14-30)26(31)28-18-21-7-3-4-8-22(21)19-29-11-5-6-12-29/h3-4,7-8,15-17,20H,5-6,9-14,18-19H2,1-2H3,(H,28,31). The average Bonchev–Trinajstić information content (AvgIpc) is 3.40. The molecular formula is C27H35N3O4. The molecule has 0 saturated carbocycles. The Labute approximate surface area is 202 Å². The smallest absolute Gasteiger partial charge is 0.254 e. The summed E-state index contributed by atoms with van der Waals surface area (Å²) in [4.78, 5) is 30.2. The Morgan fingerprint density at radius 1 is 0.912 bits per heavy atom. The molecule has 2 fully saturated rings. The molecule has 2 aliphatic rings. The number of carbonyl (C=O) groups excluding carboxylic acids is 2. The highest BCUT2D eigenvalue weighted by atomic mass is 16.5. The van der Waals surface area contributed by atoms with Gasteiger partial charge in [0.1, 0.15) is 11.5 Å². The van der Waals surface area contributed by atoms with Crippen molar-refractivity contribution < 1.29 is 19.1 Å². The van der Waals surface area contributed by atoms with E-state index in [9.17, 15) is 9.59 Å². The number of amides is 2. The molecule has 2 aliphatic heterocycles. The van der Waals surface area contributed by atoms with E-state index < -0.39 is 0 Å². The lowest BCUT2D eigenvalue weighted by Gasteiger charge is -2.31. The van der Waals surface area contributed by atoms with Gasteiger partial charge in [-0.2, -0.15) is 0 Å². The van der Waals surface area contributed by atoms with Crippen molar-refractivity contribution in [3.05, 3.63) is 59.2 Å². The average molecular weight is 466 g/mol. The Morgan fingerprint density at radius 3 is 2.15 bits per heavy atom. The number of hydrogen-bond donors (Lipinski definition) is 1. The van der Waals surface area contributed by atoms with Crippen LogP contribution in [0, 0.1) is 5.92 Å². The lowest BCUT2D eigenvalue weighted by Crippen LogP contribution is -2.43. The maximum atomic E-state index is 13.0. The lowest BCUT2D eigenvalue weighted by atomic mass is 9.95. The maximum absolute atomic E-state index is 13.0. The molecule has 0 radical (unpaired) electrons. The van der Waals surface area contributed by atoms with Gasteiger partial charge in [0.15, 0.2) is 0 Å². The van der Waals surface area contributed by atoms with Crippen LogP contribution in [0.3, 0.4) is 0 Å². The van der Waals surface area contributed by atoms with E-state index in [1.807, 2.05) is 11.0 Å². The minimum atomic E-state index is -0.0744. The van der Waals surface area contributed by atoms with E-state index >= 15 is 0 Å². The summed E-state index contributed by atoms with van der Waals surface area (Å²) in [5.41, 5.74) is 3.01. The number of ether oxygens (including phenoxy) is 2. The molecule has 2 heterocycles. The SMILES string of the molecule is COc1cc(OC)cc(C(=O)N2CCC(C(=O)NCc3ccccc3CN3CCCC3)CC2)c1. The molecular weight excluding hydrogens is 430 g/mol. The van der Waals surface area contributed by atoms with Crippen LogP contribution >= 0.6 is 0 Å². The second-order valence-corrected chi connectivity index (χ2v) is 9.14. The number of hydrogen-bond acceptors (Lipinski definition) is 5. The van der Waals surface area contributed by atoms with E-state index in [1.165, 1.54) is 24.0 Å². The third-order valence-electron chi connectivity index (χ3n) is 6.92. The van der Waals surface area contributed by atoms with E-state index in [0.717, 1.165) is 19.6 Å². The van der Waals surface area contributed by atoms with Crippen LogP contribution in [-0.2, 0) is 17.9 Å². The molecule has 7 nitrogen and oxygen atoms in total. The van der Waals surface area contributed by atoms with Gasteiger partial charge in [-0.15, -0.1) is 0 Å². The van der Waals surface area contributed by atoms with Crippen LogP contribution in [0.2, 0.25) is 0 Å². The van der Waals surface area contributed by atoms with E-state index in [-0.39, 0.29) is 17.7 Å². The fourth-order valence-electron chi connectivity index (χ4n) is 4.85. The van der Waals surface area contributed by atoms with Gasteiger partial charge in [0.05, 0.1) is 14.2 Å². The zero-order valence-corrected chi connectivity index (χ0v) is 20.2. The summed E-state index contributed by atoms with van der Waals surface area (Å²) >= 11 is 0. The predicted molar refractivity (Wildman–Crippen MR) is 131 cm³/mol. The zero-order valence-electron chi connectivity index (χ0n) is 20.2. The molecule has 7 heteroatoms. The van der Waals surface area contributed by atoms with Gasteiger partial charge in [0.2, 0.25) is 5.91 Å². The second kappa shape index (κ2) is 11.4. The van der Waals surface area contributed by atoms with Gasteiger partial charge in [-0.05, 0) is 62.0 Å². The van der Waals surface area contributed by atoms with Gasteiger partial charge in [0, 0.05) is 43.7 Å². The monoisotopic (exact) mass is 465 g/mol. The van der Waals surface area contributed by atoms with Crippen molar-refractivity contribution in [3.8, 4) is 11.5 Å². The fourth-order valence-corrected chi connectivity index (χ4v) is 4.85. The molecule has 2 aromatic carbocycles. The highest BCUT2D eigenvalue weighted by molar-refractivity contribution is 5.95. The van der Waals surface area contributed by atoms with Crippen molar-refractivity contribution in [1.82, 2.24) is 15.1 Å². The molecule has 0 atom stereocenters. The summed E-state index contributed by atoms with van der Waals surface area (Å²) in [6.07, 6.45) is 3.86. The Hall–Kier alpha value is -3.06. The number of likely N-dealkylation sites (tertiary alicyclic amines) is 2. The lowest BCUT2D eigenvalue weighted by molar-refractivity contribution is -0.126. The summed E-state index contributed by atoms with van der Waals surface area (Å²) in [6, 6.07) is 13.6. The first-order valence-electron chi connectivity index (χ1n) is 12.2. The molecule has 4 rings (SSSR count). The third kappa shape index (κ3) is 5.89. The molecule has 182 valence electrons. The summed E-state index contributed by atoms with van der Waals surface area (Å²) < 4.78 is 10.6. The van der Waals surface area contributed by atoms with Crippen LogP contribution in [0.25, 0.3) is 0 Å². The normalized spacial score (nSPS) is 16.9. The first-order valence-corrected chi connectivity index (χ1v) is 12.2. The predicted octanol–water partition coefficient (Wildman–Crippen LogP) is 3.47. The van der Waals surface area contributed by atoms with Crippen LogP contribution in [0.15, 0.2) is 42.5 Å². The highest BCUT2D eigenvalue weighted by Crippen LogP contribution is 2.26. The number of nitrogens with one attached hydrogen (secondary N) is 1. The molecule has 0 spiro atoms. The van der Waals surface area contributed by atoms with Crippen molar-refractivity contribution in [3.63, 3.8) is 0 Å². The zero-order chi connectivity index (χ0) is 23.9. The van der Waals surface area contributed by atoms with Crippen molar-refractivity contribution in [1.29, 1.82) is 0 Å². The highest BCUT2D eigenvalue weighted by Gasteiger charge is 2.28. The van der Waals surface area contributed by atoms with Gasteiger partial charge in [-0.25, -0.2) is 0 Å². The molecule has 0 aromatic heterocycles. The Morgan fingerprint density at radius 2 is 1.53 bits per heavy atom. The van der Waals surface area contributed by atoms with Crippen LogP contribution < -0.4 is 14.8 Å². The van der Waals surface area contributed by atoms with Crippen LogP contribution in [0.5, 0.6) is 11.5 Å². The van der Waals surface area contributed by atoms with E-state index in [2.05, 4.69) is 28.4 Å². The van der Waals surface area contributed by atoms with Crippen LogP contribution in [0.4, 0.5) is 0 Å². The van der Waals surface area contributed by atoms with Crippen molar-refractivity contribution in [2.45, 2.75) is 38.8 Å². The van der Waals surface area contributed by atoms with Crippen LogP contribution in [-0.4, -0.2) is 62.0 Å². The largest absolute Gasteiger partial charge is 0.497 e. The van der Waals surface area contributed by atoms with Gasteiger partial charge in [0.25, 0.3) is 5.91 Å². The van der Waals surface area contributed by atoms with E-state index in [4.69, 9.17) is 9.47 Å². The van der Waals surface area contributed by atoms with Crippen molar-refractivity contribution in [2.75, 3.05) is 40.4 Å². The van der Waals surface area contributed by atoms with E-state index in [0.29, 0.717) is 49.5 Å². The minimum Gasteiger partial charge on any atom is -0.497 e. The number of nitrogens with zero attached hydrogens (tertiary/aromatic N) is 2. The first-order chi connectivity index (χ1) is 16.6. The maximum Gasteiger partial charge on any atom is 0.254 e. The molecule has 2 amide bonds. The van der Waals surface area contributed by atoms with Crippen molar-refractivity contribution in [2.24, 2.45) is 5.92 Å². The van der Waals surface area contributed by atoms with Gasteiger partial charge >= 0.3 is 0 Å². The molecule has 0 unspecified atom stereocenters. The number of benzene rings is 2. The first kappa shape index (κ1) is 24.1. The summed E-state index contributed by atoms with van der Waals surface area (Å²) in [5, 5.41) is 3.15. The molecule has 2 aromatic rings. The van der Waals surface area contributed by atoms with Gasteiger partial charge < -0.3 is 19.7 Å². The van der Waals surface area contributed by atoms with Crippen LogP contribution in [0.1, 0.15) is 47.2 Å². The number of rotatable bonds is 8. The molecule has 0 aliphatic carbocycles. The molecule has 2 saturated heterocycles.